The molecule has 16 heavy (non-hydrogen) atoms. The van der Waals surface area contributed by atoms with E-state index in [4.69, 9.17) is 4.42 Å². The minimum atomic E-state index is 0.597. The van der Waals surface area contributed by atoms with Gasteiger partial charge >= 0.3 is 0 Å². The van der Waals surface area contributed by atoms with Gasteiger partial charge in [-0.05, 0) is 32.1 Å². The fourth-order valence-electron chi connectivity index (χ4n) is 1.47. The third-order valence-corrected chi connectivity index (χ3v) is 2.31. The summed E-state index contributed by atoms with van der Waals surface area (Å²) >= 11 is 0. The molecule has 0 radical (unpaired) electrons. The van der Waals surface area contributed by atoms with Crippen molar-refractivity contribution in [2.24, 2.45) is 0 Å². The summed E-state index contributed by atoms with van der Waals surface area (Å²) in [5, 5.41) is 11.1. The van der Waals surface area contributed by atoms with Crippen molar-refractivity contribution in [2.75, 3.05) is 13.6 Å². The van der Waals surface area contributed by atoms with Gasteiger partial charge in [0.1, 0.15) is 0 Å². The van der Waals surface area contributed by atoms with Crippen LogP contribution in [0.2, 0.25) is 0 Å². The highest BCUT2D eigenvalue weighted by Gasteiger charge is 2.06. The number of hydrogen-bond acceptors (Lipinski definition) is 4. The van der Waals surface area contributed by atoms with E-state index in [0.29, 0.717) is 11.8 Å². The van der Waals surface area contributed by atoms with Gasteiger partial charge < -0.3 is 9.73 Å². The van der Waals surface area contributed by atoms with Crippen LogP contribution in [0.1, 0.15) is 12.3 Å². The van der Waals surface area contributed by atoms with E-state index in [1.807, 2.05) is 37.4 Å². The molecule has 0 saturated carbocycles. The highest BCUT2D eigenvalue weighted by molar-refractivity contribution is 5.51. The second kappa shape index (κ2) is 5.42. The van der Waals surface area contributed by atoms with Crippen LogP contribution in [-0.2, 0) is 6.42 Å². The summed E-state index contributed by atoms with van der Waals surface area (Å²) < 4.78 is 5.57. The second-order valence-electron chi connectivity index (χ2n) is 3.57. The summed E-state index contributed by atoms with van der Waals surface area (Å²) in [6.45, 7) is 0.961. The molecule has 0 spiro atoms. The topological polar surface area (TPSA) is 51.0 Å². The Balaban J connectivity index is 2.02. The van der Waals surface area contributed by atoms with Crippen LogP contribution in [-0.4, -0.2) is 23.8 Å². The van der Waals surface area contributed by atoms with Crippen molar-refractivity contribution in [1.29, 1.82) is 0 Å². The molecule has 0 aliphatic heterocycles. The van der Waals surface area contributed by atoms with Crippen molar-refractivity contribution < 1.29 is 4.42 Å². The van der Waals surface area contributed by atoms with Gasteiger partial charge in [0, 0.05) is 12.0 Å². The molecule has 0 saturated heterocycles. The maximum absolute atomic E-state index is 5.57. The molecule has 0 fully saturated rings. The van der Waals surface area contributed by atoms with Crippen molar-refractivity contribution in [3.05, 3.63) is 36.2 Å². The van der Waals surface area contributed by atoms with Gasteiger partial charge in [-0.2, -0.15) is 0 Å². The van der Waals surface area contributed by atoms with Crippen LogP contribution in [0.4, 0.5) is 0 Å². The number of rotatable bonds is 5. The summed E-state index contributed by atoms with van der Waals surface area (Å²) in [5.74, 6) is 1.30. The molecular weight excluding hydrogens is 202 g/mol. The SMILES string of the molecule is CNCCCc1nnc(-c2ccccc2)o1. The van der Waals surface area contributed by atoms with Crippen LogP contribution < -0.4 is 5.32 Å². The lowest BCUT2D eigenvalue weighted by atomic mass is 10.2. The predicted octanol–water partition coefficient (Wildman–Crippen LogP) is 1.89. The highest BCUT2D eigenvalue weighted by atomic mass is 16.4. The molecule has 0 aliphatic rings. The third-order valence-electron chi connectivity index (χ3n) is 2.31. The Morgan fingerprint density at radius 1 is 1.19 bits per heavy atom. The van der Waals surface area contributed by atoms with Crippen LogP contribution >= 0.6 is 0 Å². The first-order valence-electron chi connectivity index (χ1n) is 5.42. The first kappa shape index (κ1) is 10.8. The van der Waals surface area contributed by atoms with Crippen molar-refractivity contribution in [1.82, 2.24) is 15.5 Å². The fourth-order valence-corrected chi connectivity index (χ4v) is 1.47. The lowest BCUT2D eigenvalue weighted by molar-refractivity contribution is 0.495. The van der Waals surface area contributed by atoms with E-state index in [0.717, 1.165) is 24.9 Å². The van der Waals surface area contributed by atoms with Gasteiger partial charge in [-0.15, -0.1) is 10.2 Å². The minimum Gasteiger partial charge on any atom is -0.421 e. The molecule has 1 N–H and O–H groups in total. The molecule has 1 aromatic carbocycles. The maximum atomic E-state index is 5.57. The first-order chi connectivity index (χ1) is 7.90. The Labute approximate surface area is 94.7 Å². The summed E-state index contributed by atoms with van der Waals surface area (Å²) in [6, 6.07) is 9.81. The maximum Gasteiger partial charge on any atom is 0.247 e. The molecule has 0 amide bonds. The quantitative estimate of drug-likeness (QED) is 0.777. The molecule has 1 heterocycles. The van der Waals surface area contributed by atoms with E-state index >= 15 is 0 Å². The van der Waals surface area contributed by atoms with Crippen LogP contribution in [0.15, 0.2) is 34.7 Å². The number of nitrogens with zero attached hydrogens (tertiary/aromatic N) is 2. The van der Waals surface area contributed by atoms with Crippen molar-refractivity contribution in [3.63, 3.8) is 0 Å². The molecule has 1 aromatic heterocycles. The van der Waals surface area contributed by atoms with E-state index in [1.165, 1.54) is 0 Å². The van der Waals surface area contributed by atoms with Crippen LogP contribution in [0.5, 0.6) is 0 Å². The molecule has 2 aromatic rings. The van der Waals surface area contributed by atoms with E-state index in [1.54, 1.807) is 0 Å². The molecule has 84 valence electrons. The van der Waals surface area contributed by atoms with Gasteiger partial charge in [0.15, 0.2) is 0 Å². The fraction of sp³-hybridized carbons (Fsp3) is 0.333. The highest BCUT2D eigenvalue weighted by Crippen LogP contribution is 2.17. The molecular formula is C12H15N3O. The third kappa shape index (κ3) is 2.67. The largest absolute Gasteiger partial charge is 0.421 e. The van der Waals surface area contributed by atoms with E-state index in [9.17, 15) is 0 Å². The van der Waals surface area contributed by atoms with Crippen LogP contribution in [0, 0.1) is 0 Å². The average molecular weight is 217 g/mol. The predicted molar refractivity (Wildman–Crippen MR) is 62.0 cm³/mol. The zero-order chi connectivity index (χ0) is 11.2. The number of aryl methyl sites for hydroxylation is 1. The van der Waals surface area contributed by atoms with Crippen molar-refractivity contribution >= 4 is 0 Å². The molecule has 0 aliphatic carbocycles. The Morgan fingerprint density at radius 2 is 2.00 bits per heavy atom. The smallest absolute Gasteiger partial charge is 0.247 e. The molecule has 4 heteroatoms. The standard InChI is InChI=1S/C12H15N3O/c1-13-9-5-8-11-14-15-12(16-11)10-6-3-2-4-7-10/h2-4,6-7,13H,5,8-9H2,1H3. The monoisotopic (exact) mass is 217 g/mol. The molecule has 0 bridgehead atoms. The summed E-state index contributed by atoms with van der Waals surface area (Å²) in [4.78, 5) is 0. The normalized spacial score (nSPS) is 10.6. The van der Waals surface area contributed by atoms with Gasteiger partial charge in [-0.25, -0.2) is 0 Å². The Morgan fingerprint density at radius 3 is 2.75 bits per heavy atom. The van der Waals surface area contributed by atoms with Crippen LogP contribution in [0.3, 0.4) is 0 Å². The summed E-state index contributed by atoms with van der Waals surface area (Å²) in [5.41, 5.74) is 0.967. The van der Waals surface area contributed by atoms with Crippen molar-refractivity contribution in [2.45, 2.75) is 12.8 Å². The number of aromatic nitrogens is 2. The molecule has 0 unspecified atom stereocenters. The molecule has 4 nitrogen and oxygen atoms in total. The van der Waals surface area contributed by atoms with E-state index in [2.05, 4.69) is 15.5 Å². The van der Waals surface area contributed by atoms with Crippen molar-refractivity contribution in [3.8, 4) is 11.5 Å². The molecule has 0 atom stereocenters. The second-order valence-corrected chi connectivity index (χ2v) is 3.57. The summed E-state index contributed by atoms with van der Waals surface area (Å²) in [6.07, 6.45) is 1.83. The number of nitrogens with one attached hydrogen (secondary N) is 1. The average Bonchev–Trinajstić information content (AvgIpc) is 2.79. The number of benzene rings is 1. The zero-order valence-corrected chi connectivity index (χ0v) is 9.31. The first-order valence-corrected chi connectivity index (χ1v) is 5.42. The van der Waals surface area contributed by atoms with E-state index in [-0.39, 0.29) is 0 Å². The Bertz CT molecular complexity index is 425. The van der Waals surface area contributed by atoms with Gasteiger partial charge in [-0.3, -0.25) is 0 Å². The Kier molecular flexibility index (Phi) is 3.66. The number of hydrogen-bond donors (Lipinski definition) is 1. The van der Waals surface area contributed by atoms with Gasteiger partial charge in [0.05, 0.1) is 0 Å². The summed E-state index contributed by atoms with van der Waals surface area (Å²) in [7, 11) is 1.93. The van der Waals surface area contributed by atoms with Crippen LogP contribution in [0.25, 0.3) is 11.5 Å². The van der Waals surface area contributed by atoms with E-state index < -0.39 is 0 Å². The lowest BCUT2D eigenvalue weighted by Gasteiger charge is -1.95. The Hall–Kier alpha value is -1.68. The lowest BCUT2D eigenvalue weighted by Crippen LogP contribution is -2.08. The van der Waals surface area contributed by atoms with Gasteiger partial charge in [0.25, 0.3) is 0 Å². The van der Waals surface area contributed by atoms with Gasteiger partial charge in [0.2, 0.25) is 11.8 Å². The minimum absolute atomic E-state index is 0.597. The zero-order valence-electron chi connectivity index (χ0n) is 9.31. The van der Waals surface area contributed by atoms with Gasteiger partial charge in [-0.1, -0.05) is 18.2 Å². The molecule has 2 rings (SSSR count).